The second-order valence-corrected chi connectivity index (χ2v) is 6.96. The predicted molar refractivity (Wildman–Crippen MR) is 82.2 cm³/mol. The largest absolute Gasteiger partial charge is 0.323 e. The van der Waals surface area contributed by atoms with Crippen molar-refractivity contribution < 1.29 is 0 Å². The lowest BCUT2D eigenvalue weighted by Gasteiger charge is -2.27. The number of benzene rings is 1. The van der Waals surface area contributed by atoms with Gasteiger partial charge in [-0.15, -0.1) is 0 Å². The zero-order valence-corrected chi connectivity index (χ0v) is 11.7. The van der Waals surface area contributed by atoms with Crippen LogP contribution < -0.4 is 5.73 Å². The molecule has 0 amide bonds. The molecule has 2 unspecified atom stereocenters. The second kappa shape index (κ2) is 5.51. The maximum Gasteiger partial charge on any atom is 0.0702 e. The molecule has 94 valence electrons. The predicted octanol–water partition coefficient (Wildman–Crippen LogP) is 3.08. The number of fused-ring (bicyclic) bond motifs is 1. The van der Waals surface area contributed by atoms with Crippen LogP contribution in [0.4, 0.5) is 0 Å². The van der Waals surface area contributed by atoms with Crippen LogP contribution in [0, 0.1) is 0 Å². The molecule has 0 radical (unpaired) electrons. The summed E-state index contributed by atoms with van der Waals surface area (Å²) in [5, 5.41) is 1.72. The lowest BCUT2D eigenvalue weighted by atomic mass is 10.0. The number of pyridine rings is 1. The summed E-state index contributed by atoms with van der Waals surface area (Å²) in [4.78, 5) is 4.34. The van der Waals surface area contributed by atoms with Crippen molar-refractivity contribution in [3.8, 4) is 0 Å². The maximum absolute atomic E-state index is 6.41. The fourth-order valence-electron chi connectivity index (χ4n) is 2.23. The number of nitrogens with zero attached hydrogens (tertiary/aromatic N) is 1. The Morgan fingerprint density at radius 1 is 1.28 bits per heavy atom. The van der Waals surface area contributed by atoms with Gasteiger partial charge >= 0.3 is 0 Å². The number of aromatic nitrogens is 1. The van der Waals surface area contributed by atoms with Crippen LogP contribution in [-0.4, -0.2) is 27.5 Å². The second-order valence-electron chi connectivity index (χ2n) is 4.47. The Morgan fingerprint density at radius 3 is 3.06 bits per heavy atom. The highest BCUT2D eigenvalue weighted by atomic mass is 32.2. The van der Waals surface area contributed by atoms with E-state index in [0.717, 1.165) is 11.3 Å². The molecule has 1 aromatic heterocycles. The van der Waals surface area contributed by atoms with Gasteiger partial charge in [0, 0.05) is 40.1 Å². The van der Waals surface area contributed by atoms with Crippen LogP contribution >= 0.6 is 23.5 Å². The van der Waals surface area contributed by atoms with Crippen molar-refractivity contribution in [2.24, 2.45) is 5.73 Å². The number of rotatable bonds is 2. The number of hydrogen-bond acceptors (Lipinski definition) is 4. The average molecular weight is 276 g/mol. The summed E-state index contributed by atoms with van der Waals surface area (Å²) in [5.41, 5.74) is 8.68. The number of thioether (sulfide) groups is 2. The molecule has 1 fully saturated rings. The first-order valence-corrected chi connectivity index (χ1v) is 8.34. The molecule has 0 bridgehead atoms. The number of hydrogen-bond donors (Lipinski definition) is 1. The number of nitrogens with two attached hydrogens (primary N) is 1. The third-order valence-corrected chi connectivity index (χ3v) is 6.14. The molecule has 2 heterocycles. The zero-order chi connectivity index (χ0) is 12.4. The molecule has 1 aliphatic heterocycles. The van der Waals surface area contributed by atoms with Crippen molar-refractivity contribution in [3.63, 3.8) is 0 Å². The fraction of sp³-hybridized carbons (Fsp3) is 0.357. The maximum atomic E-state index is 6.41. The van der Waals surface area contributed by atoms with Gasteiger partial charge < -0.3 is 5.73 Å². The zero-order valence-electron chi connectivity index (χ0n) is 10.1. The summed E-state index contributed by atoms with van der Waals surface area (Å²) in [6.45, 7) is 0. The van der Waals surface area contributed by atoms with Gasteiger partial charge in [-0.25, -0.2) is 0 Å². The van der Waals surface area contributed by atoms with Crippen molar-refractivity contribution >= 4 is 34.4 Å². The lowest BCUT2D eigenvalue weighted by Crippen LogP contribution is -2.28. The van der Waals surface area contributed by atoms with Crippen molar-refractivity contribution in [2.45, 2.75) is 11.3 Å². The molecule has 2 nitrogen and oxygen atoms in total. The smallest absolute Gasteiger partial charge is 0.0702 e. The van der Waals surface area contributed by atoms with Gasteiger partial charge in [0.25, 0.3) is 0 Å². The Hall–Kier alpha value is -0.710. The van der Waals surface area contributed by atoms with Gasteiger partial charge in [0.15, 0.2) is 0 Å². The summed E-state index contributed by atoms with van der Waals surface area (Å²) < 4.78 is 0. The Labute approximate surface area is 116 Å². The van der Waals surface area contributed by atoms with Crippen LogP contribution in [0.1, 0.15) is 11.6 Å². The molecular weight excluding hydrogens is 260 g/mol. The fourth-order valence-corrected chi connectivity index (χ4v) is 5.03. The molecule has 1 saturated heterocycles. The quantitative estimate of drug-likeness (QED) is 0.915. The molecule has 18 heavy (non-hydrogen) atoms. The van der Waals surface area contributed by atoms with Gasteiger partial charge in [0.2, 0.25) is 0 Å². The molecule has 2 atom stereocenters. The van der Waals surface area contributed by atoms with E-state index in [2.05, 4.69) is 29.2 Å². The van der Waals surface area contributed by atoms with E-state index in [-0.39, 0.29) is 6.04 Å². The molecule has 2 N–H and O–H groups in total. The summed E-state index contributed by atoms with van der Waals surface area (Å²) in [5.74, 6) is 3.64. The Bertz CT molecular complexity index is 538. The van der Waals surface area contributed by atoms with E-state index in [4.69, 9.17) is 5.73 Å². The van der Waals surface area contributed by atoms with E-state index >= 15 is 0 Å². The summed E-state index contributed by atoms with van der Waals surface area (Å²) in [6.07, 6.45) is 1.83. The Morgan fingerprint density at radius 2 is 2.22 bits per heavy atom. The van der Waals surface area contributed by atoms with E-state index in [9.17, 15) is 0 Å². The standard InChI is InChI=1S/C14H16N2S2/c15-14(13-9-17-6-7-18-13)11-3-4-12-10(8-11)2-1-5-16-12/h1-5,8,13-14H,6-7,9,15H2. The van der Waals surface area contributed by atoms with Gasteiger partial charge in [-0.1, -0.05) is 12.1 Å². The average Bonchev–Trinajstić information content (AvgIpc) is 2.47. The van der Waals surface area contributed by atoms with Crippen LogP contribution in [-0.2, 0) is 0 Å². The van der Waals surface area contributed by atoms with Crippen LogP contribution in [0.5, 0.6) is 0 Å². The molecule has 0 spiro atoms. The van der Waals surface area contributed by atoms with E-state index in [1.54, 1.807) is 0 Å². The molecule has 0 saturated carbocycles. The van der Waals surface area contributed by atoms with E-state index in [1.807, 2.05) is 35.8 Å². The summed E-state index contributed by atoms with van der Waals surface area (Å²) >= 11 is 4.03. The minimum atomic E-state index is 0.132. The third kappa shape index (κ3) is 2.51. The van der Waals surface area contributed by atoms with Gasteiger partial charge in [0.1, 0.15) is 0 Å². The minimum Gasteiger partial charge on any atom is -0.323 e. The molecule has 1 aromatic carbocycles. The summed E-state index contributed by atoms with van der Waals surface area (Å²) in [7, 11) is 0. The third-order valence-electron chi connectivity index (χ3n) is 3.25. The van der Waals surface area contributed by atoms with Crippen LogP contribution in [0.15, 0.2) is 36.5 Å². The van der Waals surface area contributed by atoms with Crippen molar-refractivity contribution in [1.29, 1.82) is 0 Å². The van der Waals surface area contributed by atoms with Crippen molar-refractivity contribution in [3.05, 3.63) is 42.1 Å². The van der Waals surface area contributed by atoms with Gasteiger partial charge in [-0.3, -0.25) is 4.98 Å². The first kappa shape index (κ1) is 12.3. The van der Waals surface area contributed by atoms with Gasteiger partial charge in [-0.05, 0) is 23.8 Å². The van der Waals surface area contributed by atoms with E-state index in [0.29, 0.717) is 5.25 Å². The normalized spacial score (nSPS) is 21.9. The van der Waals surface area contributed by atoms with Crippen molar-refractivity contribution in [2.75, 3.05) is 17.3 Å². The van der Waals surface area contributed by atoms with E-state index in [1.165, 1.54) is 22.5 Å². The topological polar surface area (TPSA) is 38.9 Å². The first-order chi connectivity index (χ1) is 8.84. The molecule has 1 aliphatic rings. The molecule has 4 heteroatoms. The monoisotopic (exact) mass is 276 g/mol. The molecule has 0 aliphatic carbocycles. The SMILES string of the molecule is NC(c1ccc2ncccc2c1)C1CSCCS1. The van der Waals surface area contributed by atoms with Crippen LogP contribution in [0.25, 0.3) is 10.9 Å². The van der Waals surface area contributed by atoms with Gasteiger partial charge in [-0.2, -0.15) is 23.5 Å². The highest BCUT2D eigenvalue weighted by molar-refractivity contribution is 8.06. The highest BCUT2D eigenvalue weighted by Gasteiger charge is 2.22. The Balaban J connectivity index is 1.88. The van der Waals surface area contributed by atoms with Crippen LogP contribution in [0.2, 0.25) is 0 Å². The molecule has 2 aromatic rings. The van der Waals surface area contributed by atoms with Crippen LogP contribution in [0.3, 0.4) is 0 Å². The Kier molecular flexibility index (Phi) is 3.77. The van der Waals surface area contributed by atoms with Gasteiger partial charge in [0.05, 0.1) is 5.52 Å². The molecule has 3 rings (SSSR count). The first-order valence-electron chi connectivity index (χ1n) is 6.14. The summed E-state index contributed by atoms with van der Waals surface area (Å²) in [6, 6.07) is 10.6. The highest BCUT2D eigenvalue weighted by Crippen LogP contribution is 2.32. The lowest BCUT2D eigenvalue weighted by molar-refractivity contribution is 0.721. The van der Waals surface area contributed by atoms with Crippen molar-refractivity contribution in [1.82, 2.24) is 4.98 Å². The molecular formula is C14H16N2S2. The van der Waals surface area contributed by atoms with E-state index < -0.39 is 0 Å². The minimum absolute atomic E-state index is 0.132.